The monoisotopic (exact) mass is 570 g/mol. The van der Waals surface area contributed by atoms with Crippen LogP contribution in [0.4, 0.5) is 13.2 Å². The number of aliphatic imine (C=N–C) groups is 1. The number of pyridine rings is 1. The van der Waals surface area contributed by atoms with E-state index in [2.05, 4.69) is 15.3 Å². The Morgan fingerprint density at radius 2 is 2.10 bits per heavy atom. The largest absolute Gasteiger partial charge is 0.475 e. The van der Waals surface area contributed by atoms with E-state index in [0.717, 1.165) is 6.07 Å². The molecule has 1 saturated heterocycles. The molecule has 0 bridgehead atoms. The van der Waals surface area contributed by atoms with Crippen molar-refractivity contribution < 1.29 is 26.3 Å². The number of alkyl halides is 3. The minimum Gasteiger partial charge on any atom is -0.475 e. The summed E-state index contributed by atoms with van der Waals surface area (Å²) in [5.41, 5.74) is -0.953. The fourth-order valence-corrected chi connectivity index (χ4v) is 4.24. The number of aromatic nitrogens is 1. The highest BCUT2D eigenvalue weighted by molar-refractivity contribution is 14.0. The van der Waals surface area contributed by atoms with Crippen molar-refractivity contribution in [2.75, 3.05) is 39.0 Å². The first-order chi connectivity index (χ1) is 12.9. The minimum absolute atomic E-state index is 0. The van der Waals surface area contributed by atoms with Crippen molar-refractivity contribution >= 4 is 51.4 Å². The lowest BCUT2D eigenvalue weighted by Gasteiger charge is -2.39. The Hall–Kier alpha value is -1.02. The zero-order chi connectivity index (χ0) is 21.2. The van der Waals surface area contributed by atoms with Crippen molar-refractivity contribution in [2.24, 2.45) is 4.99 Å². The van der Waals surface area contributed by atoms with Crippen LogP contribution in [0.5, 0.6) is 5.88 Å². The molecule has 0 saturated carbocycles. The van der Waals surface area contributed by atoms with Crippen LogP contribution in [-0.4, -0.2) is 68.0 Å². The molecule has 0 radical (unpaired) electrons. The van der Waals surface area contributed by atoms with Crippen molar-refractivity contribution in [3.05, 3.63) is 22.8 Å². The fraction of sp³-hybridized carbons (Fsp3) is 0.625. The van der Waals surface area contributed by atoms with Gasteiger partial charge in [-0.3, -0.25) is 4.99 Å². The topological polar surface area (TPSA) is 83.9 Å². The molecule has 2 rings (SSSR count). The standard InChI is InChI=1S/C16H22ClF3N4O3S.HI/c1-15(2)10-24(5-7-28(15,25)26)14(21-3)22-4-6-27-13-12(17)8-11(9-23-13)16(18,19)20;/h8-9H,4-7,10H2,1-3H3,(H,21,22);1H. The molecule has 166 valence electrons. The summed E-state index contributed by atoms with van der Waals surface area (Å²) < 4.78 is 66.4. The molecule has 2 heterocycles. The van der Waals surface area contributed by atoms with Gasteiger partial charge in [0.1, 0.15) is 11.6 Å². The normalized spacial score (nSPS) is 18.7. The van der Waals surface area contributed by atoms with E-state index in [-0.39, 0.29) is 53.8 Å². The van der Waals surface area contributed by atoms with Crippen molar-refractivity contribution in [3.8, 4) is 5.88 Å². The number of halogens is 5. The molecule has 1 aromatic rings. The van der Waals surface area contributed by atoms with E-state index in [1.54, 1.807) is 20.9 Å². The average Bonchev–Trinajstić information content (AvgIpc) is 2.58. The molecule has 1 fully saturated rings. The summed E-state index contributed by atoms with van der Waals surface area (Å²) in [6, 6.07) is 0.756. The summed E-state index contributed by atoms with van der Waals surface area (Å²) in [4.78, 5) is 9.57. The summed E-state index contributed by atoms with van der Waals surface area (Å²) in [7, 11) is -1.59. The zero-order valence-corrected chi connectivity index (χ0v) is 20.0. The van der Waals surface area contributed by atoms with E-state index in [1.807, 2.05) is 4.90 Å². The molecule has 0 aromatic carbocycles. The zero-order valence-electron chi connectivity index (χ0n) is 16.1. The molecule has 7 nitrogen and oxygen atoms in total. The maximum Gasteiger partial charge on any atom is 0.417 e. The third kappa shape index (κ3) is 6.48. The molecule has 0 aliphatic carbocycles. The first-order valence-corrected chi connectivity index (χ1v) is 10.4. The maximum atomic E-state index is 12.6. The molecule has 0 spiro atoms. The average molecular weight is 571 g/mol. The Morgan fingerprint density at radius 3 is 2.62 bits per heavy atom. The lowest BCUT2D eigenvalue weighted by atomic mass is 10.2. The van der Waals surface area contributed by atoms with Crippen LogP contribution in [-0.2, 0) is 16.0 Å². The summed E-state index contributed by atoms with van der Waals surface area (Å²) >= 11 is 5.79. The van der Waals surface area contributed by atoms with Gasteiger partial charge in [0.05, 0.1) is 22.6 Å². The number of nitrogens with one attached hydrogen (secondary N) is 1. The van der Waals surface area contributed by atoms with Gasteiger partial charge in [-0.05, 0) is 19.9 Å². The summed E-state index contributed by atoms with van der Waals surface area (Å²) in [6.45, 7) is 4.30. The number of hydrogen-bond acceptors (Lipinski definition) is 5. The predicted molar refractivity (Wildman–Crippen MR) is 116 cm³/mol. The number of hydrogen-bond donors (Lipinski definition) is 1. The Balaban J connectivity index is 0.00000420. The van der Waals surface area contributed by atoms with Gasteiger partial charge in [0, 0.05) is 26.3 Å². The molecule has 1 N–H and O–H groups in total. The third-order valence-corrected chi connectivity index (χ3v) is 7.12. The van der Waals surface area contributed by atoms with Crippen LogP contribution in [0.3, 0.4) is 0 Å². The number of guanidine groups is 1. The maximum absolute atomic E-state index is 12.6. The van der Waals surface area contributed by atoms with E-state index in [4.69, 9.17) is 16.3 Å². The van der Waals surface area contributed by atoms with Crippen molar-refractivity contribution in [1.82, 2.24) is 15.2 Å². The molecular formula is C16H23ClF3IN4O3S. The quantitative estimate of drug-likeness (QED) is 0.260. The van der Waals surface area contributed by atoms with E-state index in [9.17, 15) is 21.6 Å². The fourth-order valence-electron chi connectivity index (χ4n) is 2.65. The molecule has 1 aliphatic heterocycles. The van der Waals surface area contributed by atoms with Crippen LogP contribution in [0.15, 0.2) is 17.3 Å². The minimum atomic E-state index is -4.53. The number of sulfone groups is 1. The molecule has 0 amide bonds. The molecular weight excluding hydrogens is 548 g/mol. The molecule has 1 aliphatic rings. The molecule has 0 atom stereocenters. The van der Waals surface area contributed by atoms with E-state index >= 15 is 0 Å². The van der Waals surface area contributed by atoms with Crippen LogP contribution >= 0.6 is 35.6 Å². The second-order valence-corrected chi connectivity index (χ2v) is 9.98. The second kappa shape index (κ2) is 9.86. The van der Waals surface area contributed by atoms with Crippen LogP contribution < -0.4 is 10.1 Å². The van der Waals surface area contributed by atoms with E-state index in [0.29, 0.717) is 25.2 Å². The van der Waals surface area contributed by atoms with Gasteiger partial charge < -0.3 is 15.0 Å². The van der Waals surface area contributed by atoms with Crippen LogP contribution in [0, 0.1) is 0 Å². The highest BCUT2D eigenvalue weighted by atomic mass is 127. The number of rotatable bonds is 4. The molecule has 1 aromatic heterocycles. The van der Waals surface area contributed by atoms with Gasteiger partial charge in [0.25, 0.3) is 0 Å². The van der Waals surface area contributed by atoms with Crippen LogP contribution in [0.2, 0.25) is 5.02 Å². The Kier molecular flexibility index (Phi) is 8.84. The summed E-state index contributed by atoms with van der Waals surface area (Å²) in [5.74, 6) is 0.442. The Morgan fingerprint density at radius 1 is 1.45 bits per heavy atom. The first kappa shape index (κ1) is 26.0. The van der Waals surface area contributed by atoms with Crippen molar-refractivity contribution in [2.45, 2.75) is 24.8 Å². The van der Waals surface area contributed by atoms with Crippen LogP contribution in [0.1, 0.15) is 19.4 Å². The van der Waals surface area contributed by atoms with E-state index < -0.39 is 26.3 Å². The van der Waals surface area contributed by atoms with Gasteiger partial charge in [-0.25, -0.2) is 13.4 Å². The van der Waals surface area contributed by atoms with Gasteiger partial charge in [-0.1, -0.05) is 11.6 Å². The lowest BCUT2D eigenvalue weighted by molar-refractivity contribution is -0.137. The molecule has 0 unspecified atom stereocenters. The number of ether oxygens (including phenoxy) is 1. The Bertz CT molecular complexity index is 850. The SMILES string of the molecule is CN=C(NCCOc1ncc(C(F)(F)F)cc1Cl)N1CCS(=O)(=O)C(C)(C)C1.I. The van der Waals surface area contributed by atoms with Crippen LogP contribution in [0.25, 0.3) is 0 Å². The van der Waals surface area contributed by atoms with E-state index in [1.165, 1.54) is 0 Å². The van der Waals surface area contributed by atoms with Gasteiger partial charge >= 0.3 is 6.18 Å². The summed E-state index contributed by atoms with van der Waals surface area (Å²) in [6.07, 6.45) is -3.87. The van der Waals surface area contributed by atoms with Gasteiger partial charge in [0.15, 0.2) is 15.8 Å². The highest BCUT2D eigenvalue weighted by Gasteiger charge is 2.41. The van der Waals surface area contributed by atoms with Gasteiger partial charge in [0.2, 0.25) is 5.88 Å². The van der Waals surface area contributed by atoms with Crippen molar-refractivity contribution in [1.29, 1.82) is 0 Å². The predicted octanol–water partition coefficient (Wildman–Crippen LogP) is 2.84. The summed E-state index contributed by atoms with van der Waals surface area (Å²) in [5, 5.41) is 2.80. The first-order valence-electron chi connectivity index (χ1n) is 8.41. The van der Waals surface area contributed by atoms with Crippen molar-refractivity contribution in [3.63, 3.8) is 0 Å². The van der Waals surface area contributed by atoms with Gasteiger partial charge in [-0.2, -0.15) is 13.2 Å². The smallest absolute Gasteiger partial charge is 0.417 e. The molecule has 13 heteroatoms. The third-order valence-electron chi connectivity index (χ3n) is 4.31. The number of nitrogens with zero attached hydrogens (tertiary/aromatic N) is 3. The molecule has 29 heavy (non-hydrogen) atoms. The second-order valence-electron chi connectivity index (χ2n) is 6.83. The lowest BCUT2D eigenvalue weighted by Crippen LogP contribution is -2.57. The Labute approximate surface area is 190 Å². The van der Waals surface area contributed by atoms with Gasteiger partial charge in [-0.15, -0.1) is 24.0 Å². The highest BCUT2D eigenvalue weighted by Crippen LogP contribution is 2.33.